The van der Waals surface area contributed by atoms with Gasteiger partial charge in [0.25, 0.3) is 0 Å². The van der Waals surface area contributed by atoms with E-state index in [0.717, 1.165) is 47.2 Å². The number of nitrogens with zero attached hydrogens (tertiary/aromatic N) is 2. The van der Waals surface area contributed by atoms with Gasteiger partial charge in [-0.1, -0.05) is 19.9 Å². The van der Waals surface area contributed by atoms with E-state index in [9.17, 15) is 9.59 Å². The highest BCUT2D eigenvalue weighted by Gasteiger charge is 2.29. The first-order chi connectivity index (χ1) is 16.1. The number of carboxylic acid groups (broad SMARTS) is 1. The van der Waals surface area contributed by atoms with Gasteiger partial charge in [-0.3, -0.25) is 9.89 Å². The standard InChI is InChI=1S/C25H33N5O4/c1-15(26-9-10-34-14-22(31)32)24(33)30(4)17-6-5-16-11-20(27-19(16)12-17)23-18-7-8-25(2,3)13-21(18)28-29-23/h5-6,11-12,15,26-27H,7-10,13-14H2,1-4H3,(H,28,29)(H,31,32). The van der Waals surface area contributed by atoms with Gasteiger partial charge in [0.2, 0.25) is 5.91 Å². The number of hydrogen-bond donors (Lipinski definition) is 4. The average Bonchev–Trinajstić information content (AvgIpc) is 3.39. The van der Waals surface area contributed by atoms with E-state index in [1.165, 1.54) is 11.3 Å². The van der Waals surface area contributed by atoms with E-state index < -0.39 is 12.0 Å². The van der Waals surface area contributed by atoms with E-state index in [-0.39, 0.29) is 19.1 Å². The number of aromatic amines is 2. The van der Waals surface area contributed by atoms with Crippen LogP contribution in [0.2, 0.25) is 0 Å². The molecule has 2 aromatic heterocycles. The zero-order chi connectivity index (χ0) is 24.5. The van der Waals surface area contributed by atoms with Crippen LogP contribution >= 0.6 is 0 Å². The van der Waals surface area contributed by atoms with Crippen LogP contribution in [-0.2, 0) is 27.2 Å². The van der Waals surface area contributed by atoms with Crippen molar-refractivity contribution in [3.8, 4) is 11.4 Å². The molecule has 0 radical (unpaired) electrons. The van der Waals surface area contributed by atoms with Gasteiger partial charge in [-0.15, -0.1) is 0 Å². The summed E-state index contributed by atoms with van der Waals surface area (Å²) >= 11 is 0. The van der Waals surface area contributed by atoms with Crippen LogP contribution in [0, 0.1) is 5.41 Å². The fourth-order valence-corrected chi connectivity index (χ4v) is 4.53. The first kappa shape index (κ1) is 24.0. The number of H-pyrrole nitrogens is 2. The molecule has 4 rings (SSSR count). The summed E-state index contributed by atoms with van der Waals surface area (Å²) < 4.78 is 5.00. The van der Waals surface area contributed by atoms with Crippen molar-refractivity contribution in [3.05, 3.63) is 35.5 Å². The molecule has 4 N–H and O–H groups in total. The second-order valence-electron chi connectivity index (χ2n) is 9.84. The Labute approximate surface area is 198 Å². The average molecular weight is 468 g/mol. The summed E-state index contributed by atoms with van der Waals surface area (Å²) in [5.41, 5.74) is 6.51. The van der Waals surface area contributed by atoms with E-state index in [2.05, 4.69) is 40.4 Å². The lowest BCUT2D eigenvalue weighted by molar-refractivity contribution is -0.142. The summed E-state index contributed by atoms with van der Waals surface area (Å²) in [6.07, 6.45) is 3.16. The second kappa shape index (κ2) is 9.60. The van der Waals surface area contributed by atoms with Gasteiger partial charge in [0.1, 0.15) is 12.3 Å². The van der Waals surface area contributed by atoms with Crippen LogP contribution in [0.4, 0.5) is 5.69 Å². The van der Waals surface area contributed by atoms with Crippen molar-refractivity contribution in [2.45, 2.75) is 46.1 Å². The van der Waals surface area contributed by atoms with E-state index >= 15 is 0 Å². The normalized spacial score (nSPS) is 15.8. The molecule has 0 fully saturated rings. The zero-order valence-corrected chi connectivity index (χ0v) is 20.2. The topological polar surface area (TPSA) is 123 Å². The number of carbonyl (C=O) groups is 2. The summed E-state index contributed by atoms with van der Waals surface area (Å²) in [4.78, 5) is 28.5. The molecule has 1 aromatic carbocycles. The number of aliphatic carboxylic acids is 1. The predicted molar refractivity (Wildman–Crippen MR) is 131 cm³/mol. The Bertz CT molecular complexity index is 1200. The number of rotatable bonds is 9. The number of nitrogens with one attached hydrogen (secondary N) is 3. The Balaban J connectivity index is 1.45. The molecule has 1 aliphatic rings. The van der Waals surface area contributed by atoms with Crippen molar-refractivity contribution in [2.75, 3.05) is 31.7 Å². The summed E-state index contributed by atoms with van der Waals surface area (Å²) in [5, 5.41) is 20.6. The summed E-state index contributed by atoms with van der Waals surface area (Å²) in [6.45, 7) is 6.63. The molecule has 34 heavy (non-hydrogen) atoms. The molecule has 9 heteroatoms. The highest BCUT2D eigenvalue weighted by atomic mass is 16.5. The molecule has 182 valence electrons. The Hall–Kier alpha value is -3.17. The van der Waals surface area contributed by atoms with Crippen LogP contribution in [-0.4, -0.2) is 65.0 Å². The van der Waals surface area contributed by atoms with Gasteiger partial charge in [0.05, 0.1) is 18.3 Å². The van der Waals surface area contributed by atoms with Crippen molar-refractivity contribution < 1.29 is 19.4 Å². The van der Waals surface area contributed by atoms with E-state index in [1.807, 2.05) is 18.2 Å². The number of hydrogen-bond acceptors (Lipinski definition) is 5. The van der Waals surface area contributed by atoms with Gasteiger partial charge < -0.3 is 25.0 Å². The maximum atomic E-state index is 12.9. The third-order valence-electron chi connectivity index (χ3n) is 6.53. The lowest BCUT2D eigenvalue weighted by Crippen LogP contribution is -2.44. The molecular formula is C25H33N5O4. The molecule has 0 spiro atoms. The van der Waals surface area contributed by atoms with Crippen LogP contribution in [0.5, 0.6) is 0 Å². The van der Waals surface area contributed by atoms with Crippen LogP contribution in [0.15, 0.2) is 24.3 Å². The highest BCUT2D eigenvalue weighted by molar-refractivity contribution is 5.98. The molecule has 0 aliphatic heterocycles. The fourth-order valence-electron chi connectivity index (χ4n) is 4.53. The monoisotopic (exact) mass is 467 g/mol. The molecule has 1 atom stereocenters. The summed E-state index contributed by atoms with van der Waals surface area (Å²) in [7, 11) is 1.75. The minimum Gasteiger partial charge on any atom is -0.480 e. The van der Waals surface area contributed by atoms with Gasteiger partial charge in [0, 0.05) is 41.4 Å². The molecule has 1 aliphatic carbocycles. The van der Waals surface area contributed by atoms with Crippen molar-refractivity contribution in [3.63, 3.8) is 0 Å². The number of ether oxygens (including phenoxy) is 1. The second-order valence-corrected chi connectivity index (χ2v) is 9.84. The molecule has 0 saturated heterocycles. The molecule has 0 saturated carbocycles. The van der Waals surface area contributed by atoms with Gasteiger partial charge in [-0.2, -0.15) is 5.10 Å². The number of fused-ring (bicyclic) bond motifs is 2. The third-order valence-corrected chi connectivity index (χ3v) is 6.53. The van der Waals surface area contributed by atoms with Crippen molar-refractivity contribution >= 4 is 28.5 Å². The minimum absolute atomic E-state index is 0.0895. The fraction of sp³-hybridized carbons (Fsp3) is 0.480. The first-order valence-corrected chi connectivity index (χ1v) is 11.6. The summed E-state index contributed by atoms with van der Waals surface area (Å²) in [6, 6.07) is 7.59. The van der Waals surface area contributed by atoms with E-state index in [0.29, 0.717) is 12.0 Å². The van der Waals surface area contributed by atoms with Crippen molar-refractivity contribution in [1.29, 1.82) is 0 Å². The van der Waals surface area contributed by atoms with Gasteiger partial charge in [0.15, 0.2) is 0 Å². The Morgan fingerprint density at radius 3 is 2.88 bits per heavy atom. The lowest BCUT2D eigenvalue weighted by Gasteiger charge is -2.28. The highest BCUT2D eigenvalue weighted by Crippen LogP contribution is 2.38. The Morgan fingerprint density at radius 1 is 1.32 bits per heavy atom. The number of likely N-dealkylation sites (N-methyl/N-ethyl adjacent to an activating group) is 1. The van der Waals surface area contributed by atoms with Gasteiger partial charge >= 0.3 is 5.97 Å². The molecule has 9 nitrogen and oxygen atoms in total. The lowest BCUT2D eigenvalue weighted by atomic mass is 9.76. The Morgan fingerprint density at radius 2 is 2.12 bits per heavy atom. The molecule has 1 amide bonds. The largest absolute Gasteiger partial charge is 0.480 e. The third kappa shape index (κ3) is 5.15. The van der Waals surface area contributed by atoms with E-state index in [1.54, 1.807) is 18.9 Å². The Kier molecular flexibility index (Phi) is 6.77. The van der Waals surface area contributed by atoms with Crippen molar-refractivity contribution in [1.82, 2.24) is 20.5 Å². The maximum absolute atomic E-state index is 12.9. The van der Waals surface area contributed by atoms with Crippen LogP contribution in [0.3, 0.4) is 0 Å². The van der Waals surface area contributed by atoms with Gasteiger partial charge in [-0.05, 0) is 49.8 Å². The zero-order valence-electron chi connectivity index (χ0n) is 20.2. The first-order valence-electron chi connectivity index (χ1n) is 11.6. The minimum atomic E-state index is -1.01. The molecule has 0 bridgehead atoms. The molecule has 3 aromatic rings. The smallest absolute Gasteiger partial charge is 0.329 e. The van der Waals surface area contributed by atoms with Crippen LogP contribution in [0.25, 0.3) is 22.3 Å². The summed E-state index contributed by atoms with van der Waals surface area (Å²) in [5.74, 6) is -1.10. The maximum Gasteiger partial charge on any atom is 0.329 e. The molecule has 1 unspecified atom stereocenters. The van der Waals surface area contributed by atoms with Crippen LogP contribution < -0.4 is 10.2 Å². The number of carboxylic acids is 1. The molecule has 2 heterocycles. The van der Waals surface area contributed by atoms with Gasteiger partial charge in [-0.25, -0.2) is 4.79 Å². The SMILES string of the molecule is CC(NCCOCC(=O)O)C(=O)N(C)c1ccc2cc(-c3n[nH]c4c3CCC(C)(C)C4)[nH]c2c1. The predicted octanol–water partition coefficient (Wildman–Crippen LogP) is 3.12. The number of amides is 1. The number of benzene rings is 1. The number of aromatic nitrogens is 3. The molecular weight excluding hydrogens is 434 g/mol. The van der Waals surface area contributed by atoms with Crippen molar-refractivity contribution in [2.24, 2.45) is 5.41 Å². The number of anilines is 1. The quantitative estimate of drug-likeness (QED) is 0.359. The van der Waals surface area contributed by atoms with E-state index in [4.69, 9.17) is 9.84 Å². The van der Waals surface area contributed by atoms with Crippen LogP contribution in [0.1, 0.15) is 38.4 Å². The number of carbonyl (C=O) groups excluding carboxylic acids is 1.